The molecule has 0 aliphatic rings. The highest BCUT2D eigenvalue weighted by atomic mass is 16.5. The summed E-state index contributed by atoms with van der Waals surface area (Å²) in [7, 11) is 1.64. The first-order valence-electron chi connectivity index (χ1n) is 6.30. The van der Waals surface area contributed by atoms with E-state index in [9.17, 15) is 4.79 Å². The van der Waals surface area contributed by atoms with E-state index in [1.165, 1.54) is 16.7 Å². The quantitative estimate of drug-likeness (QED) is 0.768. The molecule has 0 aliphatic carbocycles. The van der Waals surface area contributed by atoms with Gasteiger partial charge in [0.05, 0.1) is 7.11 Å². The third-order valence-electron chi connectivity index (χ3n) is 3.36. The molecule has 0 atom stereocenters. The van der Waals surface area contributed by atoms with Gasteiger partial charge in [0.2, 0.25) is 0 Å². The maximum atomic E-state index is 11.4. The molecule has 0 heterocycles. The monoisotopic (exact) mass is 254 g/mol. The van der Waals surface area contributed by atoms with Crippen molar-refractivity contribution in [3.05, 3.63) is 53.1 Å². The summed E-state index contributed by atoms with van der Waals surface area (Å²) in [4.78, 5) is 11.4. The molecule has 19 heavy (non-hydrogen) atoms. The predicted octanol–water partition coefficient (Wildman–Crippen LogP) is 4.18. The first kappa shape index (κ1) is 13.3. The van der Waals surface area contributed by atoms with Gasteiger partial charge in [0.15, 0.2) is 5.78 Å². The van der Waals surface area contributed by atoms with Gasteiger partial charge in [-0.3, -0.25) is 4.79 Å². The minimum absolute atomic E-state index is 0.0476. The molecule has 0 radical (unpaired) electrons. The van der Waals surface area contributed by atoms with Gasteiger partial charge in [0.25, 0.3) is 0 Å². The van der Waals surface area contributed by atoms with Crippen molar-refractivity contribution >= 4 is 5.78 Å². The van der Waals surface area contributed by atoms with Crippen molar-refractivity contribution in [1.82, 2.24) is 0 Å². The number of aryl methyl sites for hydroxylation is 2. The number of hydrogen-bond acceptors (Lipinski definition) is 2. The molecule has 0 spiro atoms. The van der Waals surface area contributed by atoms with Crippen LogP contribution in [0.2, 0.25) is 0 Å². The van der Waals surface area contributed by atoms with Crippen LogP contribution in [0.15, 0.2) is 36.4 Å². The molecule has 0 saturated heterocycles. The minimum atomic E-state index is 0.0476. The number of ether oxygens (including phenoxy) is 1. The molecular weight excluding hydrogens is 236 g/mol. The molecular formula is C17H18O2. The van der Waals surface area contributed by atoms with E-state index in [0.717, 1.165) is 11.3 Å². The van der Waals surface area contributed by atoms with Gasteiger partial charge < -0.3 is 4.74 Å². The van der Waals surface area contributed by atoms with E-state index in [1.54, 1.807) is 14.0 Å². The lowest BCUT2D eigenvalue weighted by atomic mass is 9.94. The van der Waals surface area contributed by atoms with E-state index in [0.29, 0.717) is 5.56 Å². The lowest BCUT2D eigenvalue weighted by Gasteiger charge is -2.14. The molecule has 98 valence electrons. The fourth-order valence-corrected chi connectivity index (χ4v) is 2.36. The predicted molar refractivity (Wildman–Crippen MR) is 77.9 cm³/mol. The Hall–Kier alpha value is -2.09. The maximum absolute atomic E-state index is 11.4. The van der Waals surface area contributed by atoms with Crippen LogP contribution in [0.3, 0.4) is 0 Å². The summed E-state index contributed by atoms with van der Waals surface area (Å²) in [6, 6.07) is 11.8. The summed E-state index contributed by atoms with van der Waals surface area (Å²) in [6.45, 7) is 5.73. The van der Waals surface area contributed by atoms with Gasteiger partial charge in [-0.05, 0) is 49.6 Å². The zero-order valence-corrected chi connectivity index (χ0v) is 11.8. The second kappa shape index (κ2) is 5.27. The topological polar surface area (TPSA) is 26.3 Å². The Morgan fingerprint density at radius 1 is 1.05 bits per heavy atom. The Bertz CT molecular complexity index is 607. The second-order valence-corrected chi connectivity index (χ2v) is 4.74. The van der Waals surface area contributed by atoms with Gasteiger partial charge in [0, 0.05) is 11.1 Å². The second-order valence-electron chi connectivity index (χ2n) is 4.74. The number of Topliss-reactive ketones (excluding diaryl/α,β-unsaturated/α-hetero) is 1. The largest absolute Gasteiger partial charge is 0.496 e. The lowest BCUT2D eigenvalue weighted by Crippen LogP contribution is -1.97. The Labute approximate surface area is 114 Å². The van der Waals surface area contributed by atoms with Gasteiger partial charge in [-0.1, -0.05) is 24.3 Å². The highest BCUT2D eigenvalue weighted by Gasteiger charge is 2.12. The highest BCUT2D eigenvalue weighted by molar-refractivity contribution is 5.95. The number of methoxy groups -OCH3 is 1. The fourth-order valence-electron chi connectivity index (χ4n) is 2.36. The van der Waals surface area contributed by atoms with E-state index in [4.69, 9.17) is 4.74 Å². The van der Waals surface area contributed by atoms with Crippen molar-refractivity contribution in [1.29, 1.82) is 0 Å². The number of hydrogen-bond donors (Lipinski definition) is 0. The third kappa shape index (κ3) is 2.53. The molecule has 0 unspecified atom stereocenters. The van der Waals surface area contributed by atoms with E-state index in [1.807, 2.05) is 24.3 Å². The molecule has 2 nitrogen and oxygen atoms in total. The molecule has 2 aromatic rings. The Balaban J connectivity index is 2.66. The van der Waals surface area contributed by atoms with Gasteiger partial charge in [-0.25, -0.2) is 0 Å². The van der Waals surface area contributed by atoms with Gasteiger partial charge in [0.1, 0.15) is 5.75 Å². The first-order valence-corrected chi connectivity index (χ1v) is 6.30. The third-order valence-corrected chi connectivity index (χ3v) is 3.36. The van der Waals surface area contributed by atoms with Crippen molar-refractivity contribution in [3.8, 4) is 16.9 Å². The van der Waals surface area contributed by atoms with Gasteiger partial charge in [-0.2, -0.15) is 0 Å². The summed E-state index contributed by atoms with van der Waals surface area (Å²) in [5, 5.41) is 0. The van der Waals surface area contributed by atoms with Crippen molar-refractivity contribution in [2.24, 2.45) is 0 Å². The van der Waals surface area contributed by atoms with E-state index in [-0.39, 0.29) is 5.78 Å². The van der Waals surface area contributed by atoms with Gasteiger partial charge in [-0.15, -0.1) is 0 Å². The smallest absolute Gasteiger partial charge is 0.159 e. The molecule has 0 aliphatic heterocycles. The highest BCUT2D eigenvalue weighted by Crippen LogP contribution is 2.35. The molecule has 2 heteroatoms. The fraction of sp³-hybridized carbons (Fsp3) is 0.235. The SMILES string of the molecule is COc1cc(C(C)=O)ccc1-c1c(C)cccc1C. The normalized spacial score (nSPS) is 10.3. The Morgan fingerprint density at radius 2 is 1.68 bits per heavy atom. The molecule has 0 fully saturated rings. The van der Waals surface area contributed by atoms with E-state index < -0.39 is 0 Å². The van der Waals surface area contributed by atoms with Crippen LogP contribution < -0.4 is 4.74 Å². The number of carbonyl (C=O) groups excluding carboxylic acids is 1. The molecule has 0 N–H and O–H groups in total. The summed E-state index contributed by atoms with van der Waals surface area (Å²) in [6.07, 6.45) is 0. The Morgan fingerprint density at radius 3 is 2.21 bits per heavy atom. The van der Waals surface area contributed by atoms with Crippen molar-refractivity contribution < 1.29 is 9.53 Å². The molecule has 0 amide bonds. The lowest BCUT2D eigenvalue weighted by molar-refractivity contribution is 0.101. The number of ketones is 1. The van der Waals surface area contributed by atoms with Crippen LogP contribution in [0.25, 0.3) is 11.1 Å². The number of rotatable bonds is 3. The first-order chi connectivity index (χ1) is 9.04. The van der Waals surface area contributed by atoms with Crippen molar-refractivity contribution in [2.45, 2.75) is 20.8 Å². The molecule has 0 aromatic heterocycles. The average Bonchev–Trinajstić information content (AvgIpc) is 2.38. The van der Waals surface area contributed by atoms with Crippen molar-refractivity contribution in [2.75, 3.05) is 7.11 Å². The summed E-state index contributed by atoms with van der Waals surface area (Å²) in [5.74, 6) is 0.788. The average molecular weight is 254 g/mol. The van der Waals surface area contributed by atoms with Crippen LogP contribution in [0.5, 0.6) is 5.75 Å². The molecule has 0 bridgehead atoms. The number of carbonyl (C=O) groups is 1. The zero-order chi connectivity index (χ0) is 14.0. The molecule has 2 aromatic carbocycles. The van der Waals surface area contributed by atoms with Crippen LogP contribution in [0.1, 0.15) is 28.4 Å². The van der Waals surface area contributed by atoms with Crippen LogP contribution >= 0.6 is 0 Å². The number of benzene rings is 2. The molecule has 0 saturated carbocycles. The van der Waals surface area contributed by atoms with Crippen molar-refractivity contribution in [3.63, 3.8) is 0 Å². The molecule has 2 rings (SSSR count). The van der Waals surface area contributed by atoms with Crippen LogP contribution in [0, 0.1) is 13.8 Å². The van der Waals surface area contributed by atoms with E-state index in [2.05, 4.69) is 26.0 Å². The summed E-state index contributed by atoms with van der Waals surface area (Å²) < 4.78 is 5.45. The van der Waals surface area contributed by atoms with Crippen LogP contribution in [-0.4, -0.2) is 12.9 Å². The summed E-state index contributed by atoms with van der Waals surface area (Å²) >= 11 is 0. The van der Waals surface area contributed by atoms with Crippen LogP contribution in [0.4, 0.5) is 0 Å². The van der Waals surface area contributed by atoms with Crippen LogP contribution in [-0.2, 0) is 0 Å². The zero-order valence-electron chi connectivity index (χ0n) is 11.8. The standard InChI is InChI=1S/C17H18O2/c1-11-6-5-7-12(2)17(11)15-9-8-14(13(3)18)10-16(15)19-4/h5-10H,1-4H3. The van der Waals surface area contributed by atoms with E-state index >= 15 is 0 Å². The summed E-state index contributed by atoms with van der Waals surface area (Å²) in [5.41, 5.74) is 5.28. The Kier molecular flexibility index (Phi) is 3.70. The minimum Gasteiger partial charge on any atom is -0.496 e. The maximum Gasteiger partial charge on any atom is 0.159 e. The van der Waals surface area contributed by atoms with Gasteiger partial charge >= 0.3 is 0 Å².